The van der Waals surface area contributed by atoms with Crippen molar-refractivity contribution >= 4 is 11.8 Å². The van der Waals surface area contributed by atoms with Crippen LogP contribution >= 0.6 is 0 Å². The molecule has 0 aromatic rings. The van der Waals surface area contributed by atoms with E-state index in [2.05, 4.69) is 41.5 Å². The van der Waals surface area contributed by atoms with Gasteiger partial charge in [-0.1, -0.05) is 350 Å². The molecule has 4 N–H and O–H groups in total. The van der Waals surface area contributed by atoms with E-state index in [1.165, 1.54) is 283 Å². The zero-order chi connectivity index (χ0) is 59.0. The number of carbonyl (C=O) groups is 2. The standard InChI is InChI=1S/C39H79NO3.C33H67NO3/c1-4-7-9-11-13-15-17-19-21-23-25-27-29-31-33-40(35-38(42)36-41)39(43)34-37(6-3)32-30-28-26-24-22-20-18-16-14-12-10-8-5-2;1-4-7-9-11-13-14-15-16-17-18-19-21-23-25-27-34(29-32(36)30-35)33(37)28-31(6-3)26-24-22-20-12-10-8-5-2/h37-38,41-42H,4-36H2,1-3H3;31-32,35-36H,4-30H2,1-3H3. The number of rotatable bonds is 64. The molecule has 4 unspecified atom stereocenters. The minimum absolute atomic E-state index is 0.164. The average Bonchev–Trinajstić information content (AvgIpc) is 3.47. The first-order chi connectivity index (χ1) is 39.2. The summed E-state index contributed by atoms with van der Waals surface area (Å²) >= 11 is 0. The summed E-state index contributed by atoms with van der Waals surface area (Å²) in [4.78, 5) is 29.9. The maximum absolute atomic E-state index is 13.2. The number of aliphatic hydroxyl groups is 4. The Balaban J connectivity index is 0. The van der Waals surface area contributed by atoms with Crippen LogP contribution in [-0.4, -0.2) is 93.6 Å². The number of amides is 2. The lowest BCUT2D eigenvalue weighted by Gasteiger charge is -2.27. The predicted octanol–water partition coefficient (Wildman–Crippen LogP) is 20.8. The van der Waals surface area contributed by atoms with Gasteiger partial charge in [-0.3, -0.25) is 9.59 Å². The molecule has 0 aliphatic rings. The van der Waals surface area contributed by atoms with E-state index in [1.54, 1.807) is 0 Å². The highest BCUT2D eigenvalue weighted by Gasteiger charge is 2.22. The van der Waals surface area contributed by atoms with Crippen molar-refractivity contribution < 1.29 is 30.0 Å². The van der Waals surface area contributed by atoms with Crippen molar-refractivity contribution in [2.45, 2.75) is 400 Å². The van der Waals surface area contributed by atoms with Gasteiger partial charge in [0.2, 0.25) is 11.8 Å². The molecule has 0 heterocycles. The van der Waals surface area contributed by atoms with E-state index in [-0.39, 0.29) is 38.1 Å². The number of unbranched alkanes of at least 4 members (excludes halogenated alkanes) is 44. The van der Waals surface area contributed by atoms with Crippen molar-refractivity contribution in [3.05, 3.63) is 0 Å². The summed E-state index contributed by atoms with van der Waals surface area (Å²) in [6.45, 7) is 14.9. The van der Waals surface area contributed by atoms with Gasteiger partial charge in [0.1, 0.15) is 0 Å². The van der Waals surface area contributed by atoms with Crippen LogP contribution in [0.2, 0.25) is 0 Å². The van der Waals surface area contributed by atoms with Crippen LogP contribution in [0.5, 0.6) is 0 Å². The second kappa shape index (κ2) is 66.9. The predicted molar refractivity (Wildman–Crippen MR) is 350 cm³/mol. The Hall–Kier alpha value is -1.22. The van der Waals surface area contributed by atoms with E-state index in [9.17, 15) is 30.0 Å². The quantitative estimate of drug-likeness (QED) is 0.0450. The molecule has 0 saturated heterocycles. The number of hydrogen-bond acceptors (Lipinski definition) is 6. The first-order valence-electron chi connectivity index (χ1n) is 36.3. The van der Waals surface area contributed by atoms with Gasteiger partial charge in [-0.25, -0.2) is 0 Å². The topological polar surface area (TPSA) is 122 Å². The summed E-state index contributed by atoms with van der Waals surface area (Å²) in [6, 6.07) is 0. The average molecular weight is 1140 g/mol. The molecule has 0 aliphatic heterocycles. The first kappa shape index (κ1) is 80.8. The third kappa shape index (κ3) is 58.5. The fraction of sp³-hybridized carbons (Fsp3) is 0.972. The Kier molecular flexibility index (Phi) is 67.6. The van der Waals surface area contributed by atoms with Crippen LogP contribution in [0.1, 0.15) is 388 Å². The molecule has 0 rings (SSSR count). The SMILES string of the molecule is CCCCCCCCCCCCCCCCN(CC(O)CO)C(=O)CC(CC)CCCCCCCCC.CCCCCCCCCCCCCCCCN(CC(O)CO)C(=O)CC(CC)CCCCCCCCCCCCCCC. The van der Waals surface area contributed by atoms with Gasteiger partial charge in [0.05, 0.1) is 25.4 Å². The molecule has 2 amide bonds. The fourth-order valence-corrected chi connectivity index (χ4v) is 11.7. The minimum atomic E-state index is -0.836. The van der Waals surface area contributed by atoms with Crippen LogP contribution in [0, 0.1) is 11.8 Å². The van der Waals surface area contributed by atoms with Crippen LogP contribution < -0.4 is 0 Å². The van der Waals surface area contributed by atoms with Gasteiger partial charge >= 0.3 is 0 Å². The summed E-state index contributed by atoms with van der Waals surface area (Å²) < 4.78 is 0. The summed E-state index contributed by atoms with van der Waals surface area (Å²) in [5.74, 6) is 1.21. The fourth-order valence-electron chi connectivity index (χ4n) is 11.7. The second-order valence-electron chi connectivity index (χ2n) is 25.4. The van der Waals surface area contributed by atoms with Crippen LogP contribution in [0.4, 0.5) is 0 Å². The van der Waals surface area contributed by atoms with E-state index in [0.29, 0.717) is 37.8 Å². The largest absolute Gasteiger partial charge is 0.394 e. The van der Waals surface area contributed by atoms with Gasteiger partial charge in [0.25, 0.3) is 0 Å². The summed E-state index contributed by atoms with van der Waals surface area (Å²) in [6.07, 6.45) is 67.8. The third-order valence-electron chi connectivity index (χ3n) is 17.6. The normalized spacial score (nSPS) is 13.0. The van der Waals surface area contributed by atoms with E-state index in [4.69, 9.17) is 0 Å². The maximum Gasteiger partial charge on any atom is 0.222 e. The lowest BCUT2D eigenvalue weighted by Crippen LogP contribution is -2.40. The van der Waals surface area contributed by atoms with Crippen LogP contribution in [0.3, 0.4) is 0 Å². The van der Waals surface area contributed by atoms with Crippen molar-refractivity contribution in [1.82, 2.24) is 9.80 Å². The Morgan fingerprint density at radius 1 is 0.287 bits per heavy atom. The van der Waals surface area contributed by atoms with Crippen LogP contribution in [-0.2, 0) is 9.59 Å². The number of nitrogens with zero attached hydrogens (tertiary/aromatic N) is 2. The Morgan fingerprint density at radius 2 is 0.475 bits per heavy atom. The van der Waals surface area contributed by atoms with E-state index < -0.39 is 12.2 Å². The highest BCUT2D eigenvalue weighted by Crippen LogP contribution is 2.23. The molecule has 0 aromatic heterocycles. The lowest BCUT2D eigenvalue weighted by atomic mass is 9.94. The van der Waals surface area contributed by atoms with Crippen LogP contribution in [0.25, 0.3) is 0 Å². The molecule has 0 fully saturated rings. The van der Waals surface area contributed by atoms with Crippen molar-refractivity contribution in [3.8, 4) is 0 Å². The number of hydrogen-bond donors (Lipinski definition) is 4. The minimum Gasteiger partial charge on any atom is -0.394 e. The molecule has 80 heavy (non-hydrogen) atoms. The Bertz CT molecular complexity index is 1200. The monoisotopic (exact) mass is 1140 g/mol. The summed E-state index contributed by atoms with van der Waals surface area (Å²) in [5.41, 5.74) is 0. The Labute approximate surface area is 501 Å². The van der Waals surface area contributed by atoms with Crippen LogP contribution in [0.15, 0.2) is 0 Å². The van der Waals surface area contributed by atoms with E-state index in [1.807, 2.05) is 9.80 Å². The second-order valence-corrected chi connectivity index (χ2v) is 25.4. The molecule has 8 nitrogen and oxygen atoms in total. The highest BCUT2D eigenvalue weighted by atomic mass is 16.3. The molecule has 480 valence electrons. The van der Waals surface area contributed by atoms with Gasteiger partial charge in [0, 0.05) is 39.0 Å². The van der Waals surface area contributed by atoms with E-state index in [0.717, 1.165) is 51.4 Å². The molecule has 0 bridgehead atoms. The summed E-state index contributed by atoms with van der Waals surface area (Å²) in [7, 11) is 0. The molecular formula is C72H146N2O6. The Morgan fingerprint density at radius 3 is 0.662 bits per heavy atom. The molecular weight excluding hydrogens is 989 g/mol. The molecule has 0 aliphatic carbocycles. The zero-order valence-corrected chi connectivity index (χ0v) is 55.2. The first-order valence-corrected chi connectivity index (χ1v) is 36.3. The highest BCUT2D eigenvalue weighted by molar-refractivity contribution is 5.77. The van der Waals surface area contributed by atoms with Gasteiger partial charge in [-0.2, -0.15) is 0 Å². The molecule has 0 aromatic carbocycles. The van der Waals surface area contributed by atoms with E-state index >= 15 is 0 Å². The maximum atomic E-state index is 13.2. The van der Waals surface area contributed by atoms with Crippen molar-refractivity contribution in [2.75, 3.05) is 39.4 Å². The smallest absolute Gasteiger partial charge is 0.222 e. The van der Waals surface area contributed by atoms with Gasteiger partial charge in [-0.15, -0.1) is 0 Å². The van der Waals surface area contributed by atoms with Gasteiger partial charge in [-0.05, 0) is 37.5 Å². The van der Waals surface area contributed by atoms with Gasteiger partial charge < -0.3 is 30.2 Å². The lowest BCUT2D eigenvalue weighted by molar-refractivity contribution is -0.135. The molecule has 4 atom stereocenters. The molecule has 0 saturated carbocycles. The van der Waals surface area contributed by atoms with Crippen molar-refractivity contribution in [3.63, 3.8) is 0 Å². The number of aliphatic hydroxyl groups excluding tert-OH is 4. The molecule has 8 heteroatoms. The van der Waals surface area contributed by atoms with Crippen molar-refractivity contribution in [2.24, 2.45) is 11.8 Å². The summed E-state index contributed by atoms with van der Waals surface area (Å²) in [5, 5.41) is 38.8. The molecule has 0 radical (unpaired) electrons. The third-order valence-corrected chi connectivity index (χ3v) is 17.6. The van der Waals surface area contributed by atoms with Crippen molar-refractivity contribution in [1.29, 1.82) is 0 Å². The van der Waals surface area contributed by atoms with Gasteiger partial charge in [0.15, 0.2) is 0 Å². The molecule has 0 spiro atoms. The zero-order valence-electron chi connectivity index (χ0n) is 55.2. The number of carbonyl (C=O) groups excluding carboxylic acids is 2.